The maximum atomic E-state index is 6.20. The van der Waals surface area contributed by atoms with E-state index >= 15 is 0 Å². The summed E-state index contributed by atoms with van der Waals surface area (Å²) in [7, 11) is 0. The van der Waals surface area contributed by atoms with Crippen molar-refractivity contribution in [3.63, 3.8) is 0 Å². The Kier molecular flexibility index (Phi) is 4.03. The number of rotatable bonds is 3. The Bertz CT molecular complexity index is 1070. The molecule has 0 spiro atoms. The van der Waals surface area contributed by atoms with E-state index in [9.17, 15) is 0 Å². The van der Waals surface area contributed by atoms with Crippen molar-refractivity contribution in [1.29, 1.82) is 0 Å². The fourth-order valence-corrected chi connectivity index (χ4v) is 2.91. The van der Waals surface area contributed by atoms with Gasteiger partial charge in [0.05, 0.1) is 17.3 Å². The predicted octanol–water partition coefficient (Wildman–Crippen LogP) is 5.17. The average Bonchev–Trinajstić information content (AvgIpc) is 3.03. The van der Waals surface area contributed by atoms with Crippen LogP contribution in [0.5, 0.6) is 0 Å². The molecule has 7 heteroatoms. The fraction of sp³-hybridized carbons (Fsp3) is 0.0556. The molecule has 0 aliphatic heterocycles. The number of nitrogens with one attached hydrogen (secondary N) is 1. The third-order valence-corrected chi connectivity index (χ3v) is 4.50. The molecule has 0 aliphatic rings. The summed E-state index contributed by atoms with van der Waals surface area (Å²) in [5.74, 6) is 0.665. The number of hydrogen-bond acceptors (Lipinski definition) is 4. The first-order chi connectivity index (χ1) is 12.1. The highest BCUT2D eigenvalue weighted by Gasteiger charge is 2.12. The minimum Gasteiger partial charge on any atom is -0.339 e. The van der Waals surface area contributed by atoms with E-state index in [1.165, 1.54) is 6.33 Å². The standard InChI is InChI=1S/C18H13Cl2N5/c1-11-5-6-13(8-16(11)20)24-17-15-9-23-25(18(15)22-10-21-17)14-4-2-3-12(19)7-14/h2-10H,1H3,(H,21,22,24). The summed E-state index contributed by atoms with van der Waals surface area (Å²) < 4.78 is 1.73. The molecule has 0 bridgehead atoms. The van der Waals surface area contributed by atoms with Gasteiger partial charge in [0.2, 0.25) is 0 Å². The molecule has 25 heavy (non-hydrogen) atoms. The molecule has 0 atom stereocenters. The van der Waals surface area contributed by atoms with Crippen LogP contribution in [0.1, 0.15) is 5.56 Å². The van der Waals surface area contributed by atoms with Gasteiger partial charge < -0.3 is 5.32 Å². The molecule has 0 aliphatic carbocycles. The number of aromatic nitrogens is 4. The van der Waals surface area contributed by atoms with E-state index in [1.807, 2.05) is 49.4 Å². The van der Waals surface area contributed by atoms with Crippen LogP contribution in [0.3, 0.4) is 0 Å². The minimum absolute atomic E-state index is 0.642. The lowest BCUT2D eigenvalue weighted by molar-refractivity contribution is 0.895. The second-order valence-electron chi connectivity index (χ2n) is 5.58. The number of nitrogens with zero attached hydrogens (tertiary/aromatic N) is 4. The lowest BCUT2D eigenvalue weighted by Crippen LogP contribution is -1.99. The van der Waals surface area contributed by atoms with Crippen LogP contribution in [0.15, 0.2) is 55.0 Å². The number of fused-ring (bicyclic) bond motifs is 1. The van der Waals surface area contributed by atoms with Crippen molar-refractivity contribution < 1.29 is 0 Å². The van der Waals surface area contributed by atoms with Gasteiger partial charge in [0.1, 0.15) is 12.1 Å². The van der Waals surface area contributed by atoms with Gasteiger partial charge in [-0.2, -0.15) is 5.10 Å². The molecule has 0 saturated carbocycles. The monoisotopic (exact) mass is 369 g/mol. The van der Waals surface area contributed by atoms with E-state index in [2.05, 4.69) is 20.4 Å². The van der Waals surface area contributed by atoms with Crippen molar-refractivity contribution in [2.75, 3.05) is 5.32 Å². The zero-order chi connectivity index (χ0) is 17.4. The van der Waals surface area contributed by atoms with Crippen LogP contribution in [0, 0.1) is 6.92 Å². The van der Waals surface area contributed by atoms with E-state index < -0.39 is 0 Å². The zero-order valence-electron chi connectivity index (χ0n) is 13.2. The van der Waals surface area contributed by atoms with Crippen LogP contribution in [0.2, 0.25) is 10.0 Å². The minimum atomic E-state index is 0.642. The van der Waals surface area contributed by atoms with Gasteiger partial charge >= 0.3 is 0 Å². The molecule has 2 aromatic heterocycles. The Hall–Kier alpha value is -2.63. The summed E-state index contributed by atoms with van der Waals surface area (Å²) in [4.78, 5) is 8.70. The van der Waals surface area contributed by atoms with Crippen molar-refractivity contribution in [1.82, 2.24) is 19.7 Å². The highest BCUT2D eigenvalue weighted by atomic mass is 35.5. The molecule has 5 nitrogen and oxygen atoms in total. The summed E-state index contributed by atoms with van der Waals surface area (Å²) in [6.45, 7) is 1.96. The first-order valence-electron chi connectivity index (χ1n) is 7.60. The molecule has 0 unspecified atom stereocenters. The second kappa shape index (κ2) is 6.35. The SMILES string of the molecule is Cc1ccc(Nc2ncnc3c2cnn3-c2cccc(Cl)c2)cc1Cl. The normalized spacial score (nSPS) is 11.0. The summed E-state index contributed by atoms with van der Waals surface area (Å²) in [6.07, 6.45) is 3.23. The zero-order valence-corrected chi connectivity index (χ0v) is 14.8. The smallest absolute Gasteiger partial charge is 0.168 e. The first-order valence-corrected chi connectivity index (χ1v) is 8.35. The van der Waals surface area contributed by atoms with E-state index in [4.69, 9.17) is 23.2 Å². The molecule has 0 radical (unpaired) electrons. The molecule has 0 amide bonds. The predicted molar refractivity (Wildman–Crippen MR) is 101 cm³/mol. The van der Waals surface area contributed by atoms with Crippen molar-refractivity contribution in [3.8, 4) is 5.69 Å². The summed E-state index contributed by atoms with van der Waals surface area (Å²) >= 11 is 12.3. The Morgan fingerprint density at radius 1 is 1.04 bits per heavy atom. The molecule has 4 aromatic rings. The van der Waals surface area contributed by atoms with E-state index in [0.29, 0.717) is 21.5 Å². The van der Waals surface area contributed by atoms with Crippen LogP contribution < -0.4 is 5.32 Å². The van der Waals surface area contributed by atoms with Crippen LogP contribution in [0.4, 0.5) is 11.5 Å². The molecule has 0 saturated heterocycles. The Balaban J connectivity index is 1.77. The van der Waals surface area contributed by atoms with Gasteiger partial charge in [0.25, 0.3) is 0 Å². The van der Waals surface area contributed by atoms with Gasteiger partial charge in [-0.25, -0.2) is 14.6 Å². The second-order valence-corrected chi connectivity index (χ2v) is 6.43. The molecule has 124 valence electrons. The van der Waals surface area contributed by atoms with Crippen LogP contribution in [-0.4, -0.2) is 19.7 Å². The molecule has 0 fully saturated rings. The number of halogens is 2. The van der Waals surface area contributed by atoms with E-state index in [-0.39, 0.29) is 0 Å². The van der Waals surface area contributed by atoms with Gasteiger partial charge in [-0.05, 0) is 42.8 Å². The van der Waals surface area contributed by atoms with Gasteiger partial charge in [0, 0.05) is 15.7 Å². The Morgan fingerprint density at radius 2 is 1.92 bits per heavy atom. The Morgan fingerprint density at radius 3 is 2.72 bits per heavy atom. The number of benzene rings is 2. The van der Waals surface area contributed by atoms with E-state index in [0.717, 1.165) is 22.3 Å². The summed E-state index contributed by atoms with van der Waals surface area (Å²) in [6, 6.07) is 13.2. The Labute approximate surface area is 154 Å². The van der Waals surface area contributed by atoms with Gasteiger partial charge in [-0.15, -0.1) is 0 Å². The first kappa shape index (κ1) is 15.9. The fourth-order valence-electron chi connectivity index (χ4n) is 2.55. The number of aryl methyl sites for hydroxylation is 1. The van der Waals surface area contributed by atoms with Crippen LogP contribution >= 0.6 is 23.2 Å². The highest BCUT2D eigenvalue weighted by molar-refractivity contribution is 6.31. The van der Waals surface area contributed by atoms with Gasteiger partial charge in [-0.1, -0.05) is 35.3 Å². The molecule has 4 rings (SSSR count). The van der Waals surface area contributed by atoms with Crippen molar-refractivity contribution in [2.24, 2.45) is 0 Å². The number of hydrogen-bond donors (Lipinski definition) is 1. The third-order valence-electron chi connectivity index (χ3n) is 3.85. The summed E-state index contributed by atoms with van der Waals surface area (Å²) in [5.41, 5.74) is 3.41. The largest absolute Gasteiger partial charge is 0.339 e. The van der Waals surface area contributed by atoms with Crippen LogP contribution in [-0.2, 0) is 0 Å². The van der Waals surface area contributed by atoms with Crippen molar-refractivity contribution in [3.05, 3.63) is 70.6 Å². The van der Waals surface area contributed by atoms with Crippen LogP contribution in [0.25, 0.3) is 16.7 Å². The average molecular weight is 370 g/mol. The highest BCUT2D eigenvalue weighted by Crippen LogP contribution is 2.27. The maximum Gasteiger partial charge on any atom is 0.168 e. The topological polar surface area (TPSA) is 55.6 Å². The molecular weight excluding hydrogens is 357 g/mol. The molecular formula is C18H13Cl2N5. The molecule has 1 N–H and O–H groups in total. The lowest BCUT2D eigenvalue weighted by atomic mass is 10.2. The maximum absolute atomic E-state index is 6.20. The number of anilines is 2. The summed E-state index contributed by atoms with van der Waals surface area (Å²) in [5, 5.41) is 9.85. The lowest BCUT2D eigenvalue weighted by Gasteiger charge is -2.08. The van der Waals surface area contributed by atoms with E-state index in [1.54, 1.807) is 10.9 Å². The quantitative estimate of drug-likeness (QED) is 0.540. The van der Waals surface area contributed by atoms with Gasteiger partial charge in [0.15, 0.2) is 5.65 Å². The molecule has 2 heterocycles. The van der Waals surface area contributed by atoms with Gasteiger partial charge in [-0.3, -0.25) is 0 Å². The van der Waals surface area contributed by atoms with Crippen molar-refractivity contribution in [2.45, 2.75) is 6.92 Å². The van der Waals surface area contributed by atoms with Crippen molar-refractivity contribution >= 4 is 45.7 Å². The molecule has 2 aromatic carbocycles. The third kappa shape index (κ3) is 3.04.